The fraction of sp³-hybridized carbons (Fsp3) is 0.636. The molecular formula is C11H16ClN3O. The number of aromatic nitrogens is 2. The standard InChI is InChI=1S/C11H16ClN3O/c12-10-9(8-13-14-11(10)16)15-6-4-2-1-3-5-7-15/h8H,1-7H2,(H,14,16). The number of rotatable bonds is 1. The highest BCUT2D eigenvalue weighted by molar-refractivity contribution is 6.32. The van der Waals surface area contributed by atoms with E-state index in [1.54, 1.807) is 6.20 Å². The average molecular weight is 242 g/mol. The monoisotopic (exact) mass is 241 g/mol. The molecule has 5 heteroatoms. The van der Waals surface area contributed by atoms with Gasteiger partial charge in [-0.25, -0.2) is 5.10 Å². The van der Waals surface area contributed by atoms with Gasteiger partial charge in [-0.05, 0) is 12.8 Å². The van der Waals surface area contributed by atoms with Crippen LogP contribution in [-0.2, 0) is 0 Å². The van der Waals surface area contributed by atoms with E-state index in [1.807, 2.05) is 0 Å². The minimum absolute atomic E-state index is 0.260. The van der Waals surface area contributed by atoms with Crippen molar-refractivity contribution in [2.75, 3.05) is 18.0 Å². The summed E-state index contributed by atoms with van der Waals surface area (Å²) in [6.45, 7) is 1.93. The molecule has 1 aliphatic heterocycles. The van der Waals surface area contributed by atoms with E-state index in [0.29, 0.717) is 0 Å². The van der Waals surface area contributed by atoms with Crippen molar-refractivity contribution >= 4 is 17.3 Å². The maximum atomic E-state index is 11.4. The summed E-state index contributed by atoms with van der Waals surface area (Å²) in [6.07, 6.45) is 7.78. The van der Waals surface area contributed by atoms with Crippen LogP contribution in [0.3, 0.4) is 0 Å². The van der Waals surface area contributed by atoms with E-state index < -0.39 is 0 Å². The Bertz CT molecular complexity index is 396. The predicted molar refractivity (Wildman–Crippen MR) is 65.2 cm³/mol. The zero-order valence-corrected chi connectivity index (χ0v) is 9.96. The summed E-state index contributed by atoms with van der Waals surface area (Å²) in [7, 11) is 0. The molecule has 4 nitrogen and oxygen atoms in total. The molecule has 0 unspecified atom stereocenters. The summed E-state index contributed by atoms with van der Waals surface area (Å²) in [6, 6.07) is 0. The fourth-order valence-corrected chi connectivity index (χ4v) is 2.29. The van der Waals surface area contributed by atoms with Crippen molar-refractivity contribution in [3.63, 3.8) is 0 Å². The number of nitrogens with zero attached hydrogens (tertiary/aromatic N) is 2. The lowest BCUT2D eigenvalue weighted by molar-refractivity contribution is 0.556. The van der Waals surface area contributed by atoms with Crippen molar-refractivity contribution in [3.05, 3.63) is 21.6 Å². The molecule has 0 saturated carbocycles. The maximum Gasteiger partial charge on any atom is 0.285 e. The lowest BCUT2D eigenvalue weighted by Crippen LogP contribution is -2.29. The number of H-pyrrole nitrogens is 1. The predicted octanol–water partition coefficient (Wildman–Crippen LogP) is 2.19. The lowest BCUT2D eigenvalue weighted by atomic mass is 10.1. The van der Waals surface area contributed by atoms with Gasteiger partial charge < -0.3 is 4.90 Å². The largest absolute Gasteiger partial charge is 0.369 e. The third-order valence-corrected chi connectivity index (χ3v) is 3.34. The summed E-state index contributed by atoms with van der Waals surface area (Å²) >= 11 is 6.00. The number of anilines is 1. The van der Waals surface area contributed by atoms with Crippen LogP contribution in [-0.4, -0.2) is 23.3 Å². The van der Waals surface area contributed by atoms with Gasteiger partial charge >= 0.3 is 0 Å². The Kier molecular flexibility index (Phi) is 3.83. The van der Waals surface area contributed by atoms with Crippen molar-refractivity contribution in [1.29, 1.82) is 0 Å². The molecule has 0 amide bonds. The minimum atomic E-state index is -0.304. The Morgan fingerprint density at radius 2 is 1.81 bits per heavy atom. The number of aromatic amines is 1. The van der Waals surface area contributed by atoms with Crippen LogP contribution in [0.25, 0.3) is 0 Å². The van der Waals surface area contributed by atoms with Crippen molar-refractivity contribution in [2.45, 2.75) is 32.1 Å². The average Bonchev–Trinajstić information content (AvgIpc) is 2.23. The molecule has 0 radical (unpaired) electrons. The molecule has 0 aromatic carbocycles. The molecule has 0 bridgehead atoms. The number of nitrogens with one attached hydrogen (secondary N) is 1. The quantitative estimate of drug-likeness (QED) is 0.820. The maximum absolute atomic E-state index is 11.4. The highest BCUT2D eigenvalue weighted by atomic mass is 35.5. The summed E-state index contributed by atoms with van der Waals surface area (Å²) in [5.74, 6) is 0. The molecule has 1 saturated heterocycles. The number of hydrogen-bond donors (Lipinski definition) is 1. The SMILES string of the molecule is O=c1[nH]ncc(N2CCCCCCC2)c1Cl. The fourth-order valence-electron chi connectivity index (χ4n) is 2.08. The van der Waals surface area contributed by atoms with Gasteiger partial charge in [0, 0.05) is 13.1 Å². The van der Waals surface area contributed by atoms with Crippen molar-refractivity contribution < 1.29 is 0 Å². The van der Waals surface area contributed by atoms with Gasteiger partial charge in [-0.15, -0.1) is 0 Å². The van der Waals surface area contributed by atoms with E-state index in [2.05, 4.69) is 15.1 Å². The second kappa shape index (κ2) is 5.34. The molecule has 1 aromatic heterocycles. The normalized spacial score (nSPS) is 17.9. The Hall–Kier alpha value is -1.03. The van der Waals surface area contributed by atoms with Gasteiger partial charge in [0.15, 0.2) is 0 Å². The van der Waals surface area contributed by atoms with Crippen LogP contribution < -0.4 is 10.5 Å². The smallest absolute Gasteiger partial charge is 0.285 e. The summed E-state index contributed by atoms with van der Waals surface area (Å²) < 4.78 is 0. The van der Waals surface area contributed by atoms with E-state index in [9.17, 15) is 4.79 Å². The van der Waals surface area contributed by atoms with E-state index in [1.165, 1.54) is 19.3 Å². The zero-order chi connectivity index (χ0) is 11.4. The van der Waals surface area contributed by atoms with Crippen LogP contribution in [0.15, 0.2) is 11.0 Å². The molecule has 2 heterocycles. The van der Waals surface area contributed by atoms with E-state index >= 15 is 0 Å². The van der Waals surface area contributed by atoms with Gasteiger partial charge in [0.2, 0.25) is 0 Å². The summed E-state index contributed by atoms with van der Waals surface area (Å²) in [5.41, 5.74) is 0.466. The van der Waals surface area contributed by atoms with Crippen LogP contribution in [0.5, 0.6) is 0 Å². The molecule has 16 heavy (non-hydrogen) atoms. The minimum Gasteiger partial charge on any atom is -0.369 e. The van der Waals surface area contributed by atoms with Crippen LogP contribution >= 0.6 is 11.6 Å². The summed E-state index contributed by atoms with van der Waals surface area (Å²) in [4.78, 5) is 13.5. The molecule has 2 rings (SSSR count). The van der Waals surface area contributed by atoms with E-state index in [0.717, 1.165) is 31.6 Å². The molecule has 1 aliphatic rings. The topological polar surface area (TPSA) is 49.0 Å². The van der Waals surface area contributed by atoms with Gasteiger partial charge in [0.1, 0.15) is 5.02 Å². The van der Waals surface area contributed by atoms with Gasteiger partial charge in [-0.2, -0.15) is 5.10 Å². The van der Waals surface area contributed by atoms with E-state index in [-0.39, 0.29) is 10.6 Å². The number of hydrogen-bond acceptors (Lipinski definition) is 3. The second-order valence-corrected chi connectivity index (χ2v) is 4.53. The van der Waals surface area contributed by atoms with Gasteiger partial charge in [-0.3, -0.25) is 4.79 Å². The molecule has 0 atom stereocenters. The van der Waals surface area contributed by atoms with Gasteiger partial charge in [-0.1, -0.05) is 30.9 Å². The molecule has 0 spiro atoms. The van der Waals surface area contributed by atoms with Crippen molar-refractivity contribution in [1.82, 2.24) is 10.2 Å². The van der Waals surface area contributed by atoms with Crippen LogP contribution in [0.4, 0.5) is 5.69 Å². The van der Waals surface area contributed by atoms with Crippen LogP contribution in [0.1, 0.15) is 32.1 Å². The molecule has 88 valence electrons. The lowest BCUT2D eigenvalue weighted by Gasteiger charge is -2.26. The highest BCUT2D eigenvalue weighted by Crippen LogP contribution is 2.23. The molecule has 0 aliphatic carbocycles. The van der Waals surface area contributed by atoms with Crippen molar-refractivity contribution in [2.24, 2.45) is 0 Å². The van der Waals surface area contributed by atoms with Crippen LogP contribution in [0.2, 0.25) is 5.02 Å². The molecule has 1 fully saturated rings. The second-order valence-electron chi connectivity index (χ2n) is 4.15. The summed E-state index contributed by atoms with van der Waals surface area (Å²) in [5, 5.41) is 6.41. The molecule has 1 aromatic rings. The van der Waals surface area contributed by atoms with Gasteiger partial charge in [0.05, 0.1) is 11.9 Å². The number of halogens is 1. The zero-order valence-electron chi connectivity index (χ0n) is 9.21. The Morgan fingerprint density at radius 1 is 1.19 bits per heavy atom. The molecular weight excluding hydrogens is 226 g/mol. The first-order valence-electron chi connectivity index (χ1n) is 5.77. The van der Waals surface area contributed by atoms with E-state index in [4.69, 9.17) is 11.6 Å². The first-order valence-corrected chi connectivity index (χ1v) is 6.15. The Balaban J connectivity index is 2.20. The Morgan fingerprint density at radius 3 is 2.50 bits per heavy atom. The molecule has 1 N–H and O–H groups in total. The van der Waals surface area contributed by atoms with Crippen molar-refractivity contribution in [3.8, 4) is 0 Å². The van der Waals surface area contributed by atoms with Gasteiger partial charge in [0.25, 0.3) is 5.56 Å². The first kappa shape index (κ1) is 11.5. The first-order chi connectivity index (χ1) is 7.79. The third-order valence-electron chi connectivity index (χ3n) is 2.97. The third kappa shape index (κ3) is 2.55. The van der Waals surface area contributed by atoms with Crippen LogP contribution in [0, 0.1) is 0 Å². The highest BCUT2D eigenvalue weighted by Gasteiger charge is 2.14. The Labute approximate surface area is 99.6 Å².